The summed E-state index contributed by atoms with van der Waals surface area (Å²) in [7, 11) is 1.84. The van der Waals surface area contributed by atoms with Gasteiger partial charge in [0.15, 0.2) is 0 Å². The molecule has 1 aliphatic rings. The molecule has 2 rings (SSSR count). The predicted molar refractivity (Wildman–Crippen MR) is 76.5 cm³/mol. The maximum Gasteiger partial charge on any atom is 0.240 e. The van der Waals surface area contributed by atoms with E-state index < -0.39 is 0 Å². The Morgan fingerprint density at radius 1 is 1.37 bits per heavy atom. The van der Waals surface area contributed by atoms with Crippen LogP contribution in [0.4, 0.5) is 5.69 Å². The van der Waals surface area contributed by atoms with Crippen LogP contribution in [0.2, 0.25) is 0 Å². The summed E-state index contributed by atoms with van der Waals surface area (Å²) in [5.74, 6) is 0.134. The van der Waals surface area contributed by atoms with Crippen molar-refractivity contribution >= 4 is 11.6 Å². The van der Waals surface area contributed by atoms with Gasteiger partial charge in [-0.1, -0.05) is 19.1 Å². The molecule has 0 atom stereocenters. The minimum Gasteiger partial charge on any atom is -0.379 e. The van der Waals surface area contributed by atoms with E-state index in [-0.39, 0.29) is 5.91 Å². The topological polar surface area (TPSA) is 32.8 Å². The molecule has 1 saturated heterocycles. The minimum atomic E-state index is 0.134. The second kappa shape index (κ2) is 6.68. The molecule has 0 spiro atoms. The van der Waals surface area contributed by atoms with E-state index in [1.165, 1.54) is 5.56 Å². The molecule has 0 saturated carbocycles. The minimum absolute atomic E-state index is 0.134. The fourth-order valence-corrected chi connectivity index (χ4v) is 2.19. The molecule has 4 heteroatoms. The Bertz CT molecular complexity index is 428. The van der Waals surface area contributed by atoms with Gasteiger partial charge in [-0.15, -0.1) is 0 Å². The van der Waals surface area contributed by atoms with Crippen LogP contribution in [0.5, 0.6) is 0 Å². The molecule has 1 aliphatic heterocycles. The molecule has 1 aromatic carbocycles. The third kappa shape index (κ3) is 3.78. The zero-order chi connectivity index (χ0) is 13.7. The number of rotatable bonds is 4. The number of anilines is 1. The first-order valence-electron chi connectivity index (χ1n) is 6.86. The number of amides is 1. The molecule has 1 aromatic rings. The van der Waals surface area contributed by atoms with Crippen molar-refractivity contribution in [1.82, 2.24) is 4.90 Å². The second-order valence-electron chi connectivity index (χ2n) is 4.86. The van der Waals surface area contributed by atoms with E-state index in [1.54, 1.807) is 4.90 Å². The predicted octanol–water partition coefficient (Wildman–Crippen LogP) is 1.54. The molecule has 4 nitrogen and oxygen atoms in total. The van der Waals surface area contributed by atoms with Crippen LogP contribution >= 0.6 is 0 Å². The molecule has 0 aliphatic carbocycles. The molecule has 1 heterocycles. The number of aryl methyl sites for hydroxylation is 1. The largest absolute Gasteiger partial charge is 0.379 e. The van der Waals surface area contributed by atoms with Crippen LogP contribution in [-0.2, 0) is 16.0 Å². The maximum atomic E-state index is 12.3. The Balaban J connectivity index is 1.97. The summed E-state index contributed by atoms with van der Waals surface area (Å²) in [6, 6.07) is 8.16. The summed E-state index contributed by atoms with van der Waals surface area (Å²) in [5, 5.41) is 0. The van der Waals surface area contributed by atoms with Gasteiger partial charge in [-0.2, -0.15) is 0 Å². The summed E-state index contributed by atoms with van der Waals surface area (Å²) in [5.41, 5.74) is 2.22. The first-order valence-corrected chi connectivity index (χ1v) is 6.86. The van der Waals surface area contributed by atoms with Gasteiger partial charge in [0.2, 0.25) is 5.91 Å². The van der Waals surface area contributed by atoms with Crippen molar-refractivity contribution in [1.29, 1.82) is 0 Å². The van der Waals surface area contributed by atoms with Crippen molar-refractivity contribution in [2.45, 2.75) is 13.3 Å². The first kappa shape index (κ1) is 14.0. The fourth-order valence-electron chi connectivity index (χ4n) is 2.19. The first-order chi connectivity index (χ1) is 9.20. The van der Waals surface area contributed by atoms with Crippen LogP contribution in [0.25, 0.3) is 0 Å². The molecular formula is C15H22N2O2. The normalized spacial score (nSPS) is 16.3. The maximum absolute atomic E-state index is 12.3. The number of carbonyl (C=O) groups excluding carboxylic acids is 1. The molecule has 0 N–H and O–H groups in total. The van der Waals surface area contributed by atoms with Gasteiger partial charge in [0.05, 0.1) is 19.8 Å². The lowest BCUT2D eigenvalue weighted by molar-refractivity contribution is -0.120. The molecule has 1 fully saturated rings. The molecule has 0 unspecified atom stereocenters. The van der Waals surface area contributed by atoms with Crippen LogP contribution in [-0.4, -0.2) is 50.7 Å². The van der Waals surface area contributed by atoms with Crippen LogP contribution in [0.1, 0.15) is 12.5 Å². The lowest BCUT2D eigenvalue weighted by atomic mass is 10.1. The summed E-state index contributed by atoms with van der Waals surface area (Å²) in [6.07, 6.45) is 0.985. The van der Waals surface area contributed by atoms with Gasteiger partial charge < -0.3 is 9.64 Å². The number of carbonyl (C=O) groups is 1. The standard InChI is InChI=1S/C15H22N2O2/c1-3-13-5-4-6-14(11-13)16(2)15(18)12-17-7-9-19-10-8-17/h4-6,11H,3,7-10,12H2,1-2H3. The van der Waals surface area contributed by atoms with Gasteiger partial charge in [0.25, 0.3) is 0 Å². The van der Waals surface area contributed by atoms with Gasteiger partial charge in [-0.05, 0) is 24.1 Å². The van der Waals surface area contributed by atoms with Crippen molar-refractivity contribution in [3.8, 4) is 0 Å². The lowest BCUT2D eigenvalue weighted by Gasteiger charge is -2.28. The van der Waals surface area contributed by atoms with Crippen LogP contribution in [0.3, 0.4) is 0 Å². The Morgan fingerprint density at radius 3 is 2.79 bits per heavy atom. The zero-order valence-electron chi connectivity index (χ0n) is 11.8. The van der Waals surface area contributed by atoms with Crippen LogP contribution < -0.4 is 4.90 Å². The summed E-state index contributed by atoms with van der Waals surface area (Å²) in [4.78, 5) is 16.1. The fraction of sp³-hybridized carbons (Fsp3) is 0.533. The van der Waals surface area contributed by atoms with Crippen molar-refractivity contribution in [2.75, 3.05) is 44.8 Å². The van der Waals surface area contributed by atoms with E-state index >= 15 is 0 Å². The van der Waals surface area contributed by atoms with Gasteiger partial charge >= 0.3 is 0 Å². The van der Waals surface area contributed by atoms with E-state index in [0.717, 1.165) is 38.4 Å². The Hall–Kier alpha value is -1.39. The average Bonchev–Trinajstić information content (AvgIpc) is 2.47. The van der Waals surface area contributed by atoms with Crippen LogP contribution in [0.15, 0.2) is 24.3 Å². The van der Waals surface area contributed by atoms with Gasteiger partial charge in [-0.25, -0.2) is 0 Å². The molecule has 0 radical (unpaired) electrons. The number of hydrogen-bond acceptors (Lipinski definition) is 3. The molecule has 0 bridgehead atoms. The van der Waals surface area contributed by atoms with Gasteiger partial charge in [0.1, 0.15) is 0 Å². The highest BCUT2D eigenvalue weighted by Gasteiger charge is 2.17. The molecule has 19 heavy (non-hydrogen) atoms. The average molecular weight is 262 g/mol. The number of nitrogens with zero attached hydrogens (tertiary/aromatic N) is 2. The number of ether oxygens (including phenoxy) is 1. The van der Waals surface area contributed by atoms with Crippen molar-refractivity contribution in [3.05, 3.63) is 29.8 Å². The molecule has 104 valence electrons. The second-order valence-corrected chi connectivity index (χ2v) is 4.86. The quantitative estimate of drug-likeness (QED) is 0.825. The van der Waals surface area contributed by atoms with Crippen molar-refractivity contribution in [3.63, 3.8) is 0 Å². The van der Waals surface area contributed by atoms with E-state index in [4.69, 9.17) is 4.74 Å². The van der Waals surface area contributed by atoms with E-state index in [9.17, 15) is 4.79 Å². The Morgan fingerprint density at radius 2 is 2.11 bits per heavy atom. The van der Waals surface area contributed by atoms with E-state index in [1.807, 2.05) is 19.2 Å². The zero-order valence-corrected chi connectivity index (χ0v) is 11.8. The summed E-state index contributed by atoms with van der Waals surface area (Å²) >= 11 is 0. The third-order valence-corrected chi connectivity index (χ3v) is 3.54. The third-order valence-electron chi connectivity index (χ3n) is 3.54. The Labute approximate surface area is 115 Å². The highest BCUT2D eigenvalue weighted by atomic mass is 16.5. The highest BCUT2D eigenvalue weighted by molar-refractivity contribution is 5.94. The smallest absolute Gasteiger partial charge is 0.240 e. The van der Waals surface area contributed by atoms with Crippen LogP contribution in [0, 0.1) is 0 Å². The van der Waals surface area contributed by atoms with E-state index in [2.05, 4.69) is 24.0 Å². The Kier molecular flexibility index (Phi) is 4.93. The SMILES string of the molecule is CCc1cccc(N(C)C(=O)CN2CCOCC2)c1. The monoisotopic (exact) mass is 262 g/mol. The lowest BCUT2D eigenvalue weighted by Crippen LogP contribution is -2.43. The van der Waals surface area contributed by atoms with Crippen molar-refractivity contribution in [2.24, 2.45) is 0 Å². The number of benzene rings is 1. The molecular weight excluding hydrogens is 240 g/mol. The molecule has 0 aromatic heterocycles. The van der Waals surface area contributed by atoms with E-state index in [0.29, 0.717) is 6.54 Å². The molecule has 1 amide bonds. The van der Waals surface area contributed by atoms with Gasteiger partial charge in [-0.3, -0.25) is 9.69 Å². The highest BCUT2D eigenvalue weighted by Crippen LogP contribution is 2.15. The van der Waals surface area contributed by atoms with Crippen molar-refractivity contribution < 1.29 is 9.53 Å². The number of likely N-dealkylation sites (N-methyl/N-ethyl adjacent to an activating group) is 1. The number of morpholine rings is 1. The summed E-state index contributed by atoms with van der Waals surface area (Å²) in [6.45, 7) is 5.72. The summed E-state index contributed by atoms with van der Waals surface area (Å²) < 4.78 is 5.29. The van der Waals surface area contributed by atoms with Gasteiger partial charge in [0, 0.05) is 25.8 Å². The number of hydrogen-bond donors (Lipinski definition) is 0.